The molecule has 14 heavy (non-hydrogen) atoms. The van der Waals surface area contributed by atoms with E-state index < -0.39 is 11.9 Å². The number of esters is 1. The van der Waals surface area contributed by atoms with E-state index in [1.165, 1.54) is 12.0 Å². The van der Waals surface area contributed by atoms with E-state index in [1.807, 2.05) is 19.0 Å². The summed E-state index contributed by atoms with van der Waals surface area (Å²) in [7, 11) is 6.57. The van der Waals surface area contributed by atoms with Gasteiger partial charge < -0.3 is 14.5 Å². The highest BCUT2D eigenvalue weighted by Crippen LogP contribution is 1.88. The fraction of sp³-hybridized carbons (Fsp3) is 0.750. The molecule has 0 rings (SSSR count). The molecule has 0 N–H and O–H groups in total. The molecule has 1 amide bonds. The molecular weight excluding hydrogens is 208 g/mol. The van der Waals surface area contributed by atoms with Crippen LogP contribution in [0.3, 0.4) is 0 Å². The standard InChI is InChI=1S/C8H16N2O3.ClH/c1-9(2)5-6-10(3)7(11)8(12)13-4;/h5-6H2,1-4H3;1H. The van der Waals surface area contributed by atoms with Crippen LogP contribution in [0.5, 0.6) is 0 Å². The van der Waals surface area contributed by atoms with Crippen LogP contribution in [-0.2, 0) is 14.3 Å². The Bertz CT molecular complexity index is 197. The molecule has 0 aliphatic heterocycles. The van der Waals surface area contributed by atoms with E-state index in [4.69, 9.17) is 0 Å². The molecule has 0 radical (unpaired) electrons. The lowest BCUT2D eigenvalue weighted by molar-refractivity contribution is -0.157. The Morgan fingerprint density at radius 3 is 2.00 bits per heavy atom. The maximum Gasteiger partial charge on any atom is 0.396 e. The van der Waals surface area contributed by atoms with E-state index in [9.17, 15) is 9.59 Å². The van der Waals surface area contributed by atoms with E-state index in [2.05, 4.69) is 4.74 Å². The van der Waals surface area contributed by atoms with Crippen LogP contribution in [0.4, 0.5) is 0 Å². The third-order valence-electron chi connectivity index (χ3n) is 1.59. The lowest BCUT2D eigenvalue weighted by atomic mass is 10.4. The Morgan fingerprint density at radius 1 is 1.14 bits per heavy atom. The van der Waals surface area contributed by atoms with Crippen molar-refractivity contribution in [2.45, 2.75) is 0 Å². The van der Waals surface area contributed by atoms with Crippen molar-refractivity contribution in [3.8, 4) is 0 Å². The van der Waals surface area contributed by atoms with E-state index >= 15 is 0 Å². The summed E-state index contributed by atoms with van der Waals surface area (Å²) < 4.78 is 4.30. The number of carbonyl (C=O) groups is 2. The summed E-state index contributed by atoms with van der Waals surface area (Å²) in [6, 6.07) is 0. The van der Waals surface area contributed by atoms with Crippen LogP contribution in [0, 0.1) is 0 Å². The molecule has 0 spiro atoms. The molecule has 0 aromatic heterocycles. The zero-order valence-electron chi connectivity index (χ0n) is 8.94. The van der Waals surface area contributed by atoms with Gasteiger partial charge in [-0.05, 0) is 14.1 Å². The van der Waals surface area contributed by atoms with Gasteiger partial charge in [0.2, 0.25) is 0 Å². The number of hydrogen-bond acceptors (Lipinski definition) is 4. The van der Waals surface area contributed by atoms with Gasteiger partial charge in [0.1, 0.15) is 0 Å². The van der Waals surface area contributed by atoms with Gasteiger partial charge in [0.25, 0.3) is 0 Å². The maximum absolute atomic E-state index is 11.1. The smallest absolute Gasteiger partial charge is 0.396 e. The van der Waals surface area contributed by atoms with Crippen LogP contribution in [0.25, 0.3) is 0 Å². The molecule has 6 heteroatoms. The van der Waals surface area contributed by atoms with Gasteiger partial charge in [-0.25, -0.2) is 4.79 Å². The van der Waals surface area contributed by atoms with Gasteiger partial charge in [0, 0.05) is 20.1 Å². The van der Waals surface area contributed by atoms with Gasteiger partial charge in [-0.1, -0.05) is 0 Å². The fourth-order valence-corrected chi connectivity index (χ4v) is 0.695. The summed E-state index contributed by atoms with van der Waals surface area (Å²) in [4.78, 5) is 25.2. The second-order valence-electron chi connectivity index (χ2n) is 3.02. The van der Waals surface area contributed by atoms with Gasteiger partial charge in [-0.3, -0.25) is 4.79 Å². The van der Waals surface area contributed by atoms with Crippen molar-refractivity contribution in [2.75, 3.05) is 41.3 Å². The highest BCUT2D eigenvalue weighted by atomic mass is 35.5. The number of amides is 1. The van der Waals surface area contributed by atoms with Crippen molar-refractivity contribution < 1.29 is 14.3 Å². The molecule has 0 aromatic rings. The Labute approximate surface area is 90.4 Å². The zero-order chi connectivity index (χ0) is 10.4. The van der Waals surface area contributed by atoms with Crippen LogP contribution in [0.15, 0.2) is 0 Å². The van der Waals surface area contributed by atoms with Gasteiger partial charge >= 0.3 is 11.9 Å². The highest BCUT2D eigenvalue weighted by molar-refractivity contribution is 6.32. The number of hydrogen-bond donors (Lipinski definition) is 0. The molecule has 0 unspecified atom stereocenters. The third-order valence-corrected chi connectivity index (χ3v) is 1.59. The van der Waals surface area contributed by atoms with Crippen molar-refractivity contribution in [3.63, 3.8) is 0 Å². The highest BCUT2D eigenvalue weighted by Gasteiger charge is 2.18. The van der Waals surface area contributed by atoms with Crippen LogP contribution >= 0.6 is 12.4 Å². The lowest BCUT2D eigenvalue weighted by Gasteiger charge is -2.17. The monoisotopic (exact) mass is 224 g/mol. The number of methoxy groups -OCH3 is 1. The van der Waals surface area contributed by atoms with Crippen LogP contribution < -0.4 is 0 Å². The van der Waals surface area contributed by atoms with Crippen molar-refractivity contribution in [3.05, 3.63) is 0 Å². The molecule has 0 saturated heterocycles. The largest absolute Gasteiger partial charge is 0.462 e. The zero-order valence-corrected chi connectivity index (χ0v) is 9.76. The molecule has 0 aliphatic carbocycles. The van der Waals surface area contributed by atoms with Gasteiger partial charge in [0.05, 0.1) is 7.11 Å². The van der Waals surface area contributed by atoms with Crippen molar-refractivity contribution in [1.82, 2.24) is 9.80 Å². The number of nitrogens with zero attached hydrogens (tertiary/aromatic N) is 2. The van der Waals surface area contributed by atoms with Crippen LogP contribution in [-0.4, -0.2) is 63.0 Å². The third kappa shape index (κ3) is 5.77. The first kappa shape index (κ1) is 15.7. The number of rotatable bonds is 3. The predicted octanol–water partition coefficient (Wildman–Crippen LogP) is -0.399. The predicted molar refractivity (Wildman–Crippen MR) is 55.5 cm³/mol. The molecule has 5 nitrogen and oxygen atoms in total. The number of carbonyl (C=O) groups excluding carboxylic acids is 2. The molecule has 84 valence electrons. The minimum Gasteiger partial charge on any atom is -0.462 e. The summed E-state index contributed by atoms with van der Waals surface area (Å²) in [5.74, 6) is -1.43. The average molecular weight is 225 g/mol. The Morgan fingerprint density at radius 2 is 1.64 bits per heavy atom. The summed E-state index contributed by atoms with van der Waals surface area (Å²) in [6.07, 6.45) is 0. The maximum atomic E-state index is 11.1. The van der Waals surface area contributed by atoms with Crippen molar-refractivity contribution in [2.24, 2.45) is 0 Å². The van der Waals surface area contributed by atoms with Crippen LogP contribution in [0.1, 0.15) is 0 Å². The summed E-state index contributed by atoms with van der Waals surface area (Å²) in [5.41, 5.74) is 0. The minimum absolute atomic E-state index is 0. The molecule has 0 heterocycles. The SMILES string of the molecule is COC(=O)C(=O)N(C)CCN(C)C.Cl. The normalized spacial score (nSPS) is 9.21. The first-order chi connectivity index (χ1) is 5.99. The molecule has 0 bridgehead atoms. The molecule has 0 atom stereocenters. The van der Waals surface area contributed by atoms with Crippen molar-refractivity contribution >= 4 is 24.3 Å². The summed E-state index contributed by atoms with van der Waals surface area (Å²) in [6.45, 7) is 1.24. The molecule has 0 saturated carbocycles. The molecule has 0 aliphatic rings. The van der Waals surface area contributed by atoms with E-state index in [0.717, 1.165) is 6.54 Å². The van der Waals surface area contributed by atoms with Gasteiger partial charge in [-0.15, -0.1) is 12.4 Å². The molecule has 0 fully saturated rings. The summed E-state index contributed by atoms with van der Waals surface area (Å²) in [5, 5.41) is 0. The Hall–Kier alpha value is -0.810. The average Bonchev–Trinajstić information content (AvgIpc) is 2.11. The Balaban J connectivity index is 0. The van der Waals surface area contributed by atoms with Crippen LogP contribution in [0.2, 0.25) is 0 Å². The minimum atomic E-state index is -0.818. The topological polar surface area (TPSA) is 49.9 Å². The summed E-state index contributed by atoms with van der Waals surface area (Å²) >= 11 is 0. The molecule has 0 aromatic carbocycles. The first-order valence-corrected chi connectivity index (χ1v) is 3.97. The van der Waals surface area contributed by atoms with E-state index in [-0.39, 0.29) is 12.4 Å². The number of halogens is 1. The van der Waals surface area contributed by atoms with E-state index in [0.29, 0.717) is 6.54 Å². The Kier molecular flexibility index (Phi) is 8.48. The quantitative estimate of drug-likeness (QED) is 0.484. The van der Waals surface area contributed by atoms with Crippen molar-refractivity contribution in [1.29, 1.82) is 0 Å². The molecular formula is C8H17ClN2O3. The number of ether oxygens (including phenoxy) is 1. The van der Waals surface area contributed by atoms with Gasteiger partial charge in [-0.2, -0.15) is 0 Å². The first-order valence-electron chi connectivity index (χ1n) is 3.97. The van der Waals surface area contributed by atoms with Gasteiger partial charge in [0.15, 0.2) is 0 Å². The number of likely N-dealkylation sites (N-methyl/N-ethyl adjacent to an activating group) is 2. The fourth-order valence-electron chi connectivity index (χ4n) is 0.695. The van der Waals surface area contributed by atoms with E-state index in [1.54, 1.807) is 7.05 Å². The lowest BCUT2D eigenvalue weighted by Crippen LogP contribution is -2.38. The second kappa shape index (κ2) is 7.58. The second-order valence-corrected chi connectivity index (χ2v) is 3.02.